The van der Waals surface area contributed by atoms with Crippen LogP contribution in [0.2, 0.25) is 0 Å². The molecule has 0 unspecified atom stereocenters. The van der Waals surface area contributed by atoms with Crippen molar-refractivity contribution in [3.63, 3.8) is 0 Å². The van der Waals surface area contributed by atoms with Crippen molar-refractivity contribution >= 4 is 15.7 Å². The number of aliphatic hydroxyl groups is 1. The average Bonchev–Trinajstić information content (AvgIpc) is 2.34. The smallest absolute Gasteiger partial charge is 0.242 e. The minimum atomic E-state index is -3.65. The molecule has 19 heavy (non-hydrogen) atoms. The number of nitrogens with one attached hydrogen (secondary N) is 1. The van der Waals surface area contributed by atoms with Crippen LogP contribution >= 0.6 is 0 Å². The molecule has 0 spiro atoms. The molecule has 0 radical (unpaired) electrons. The molecule has 0 saturated carbocycles. The fourth-order valence-electron chi connectivity index (χ4n) is 1.65. The predicted molar refractivity (Wildman–Crippen MR) is 73.4 cm³/mol. The van der Waals surface area contributed by atoms with Crippen molar-refractivity contribution < 1.29 is 18.3 Å². The standard InChI is InChI=1S/C12H20N2O4S/c1-9-3-4-11(13)12(10(9)2)19(16,17)14-5-7-18-8-6-15/h3-4,14-15H,5-8,13H2,1-2H3. The first-order valence-corrected chi connectivity index (χ1v) is 7.42. The minimum Gasteiger partial charge on any atom is -0.398 e. The molecule has 4 N–H and O–H groups in total. The molecule has 0 aromatic heterocycles. The van der Waals surface area contributed by atoms with E-state index in [-0.39, 0.29) is 36.9 Å². The highest BCUT2D eigenvalue weighted by Crippen LogP contribution is 2.24. The van der Waals surface area contributed by atoms with E-state index >= 15 is 0 Å². The quantitative estimate of drug-likeness (QED) is 0.490. The van der Waals surface area contributed by atoms with Crippen LogP contribution in [0.5, 0.6) is 0 Å². The Hall–Kier alpha value is -1.15. The van der Waals surface area contributed by atoms with Crippen LogP contribution in [0.4, 0.5) is 5.69 Å². The van der Waals surface area contributed by atoms with E-state index in [2.05, 4.69) is 4.72 Å². The Morgan fingerprint density at radius 3 is 2.63 bits per heavy atom. The third-order valence-corrected chi connectivity index (χ3v) is 4.41. The van der Waals surface area contributed by atoms with Gasteiger partial charge in [0.15, 0.2) is 0 Å². The van der Waals surface area contributed by atoms with Gasteiger partial charge in [0.25, 0.3) is 0 Å². The molecule has 0 heterocycles. The number of aryl methyl sites for hydroxylation is 1. The zero-order valence-corrected chi connectivity index (χ0v) is 12.0. The van der Waals surface area contributed by atoms with E-state index < -0.39 is 10.0 Å². The summed E-state index contributed by atoms with van der Waals surface area (Å²) in [7, 11) is -3.65. The Kier molecular flexibility index (Phi) is 5.74. The van der Waals surface area contributed by atoms with Gasteiger partial charge in [-0.15, -0.1) is 0 Å². The van der Waals surface area contributed by atoms with Gasteiger partial charge in [0.2, 0.25) is 10.0 Å². The second-order valence-electron chi connectivity index (χ2n) is 4.16. The maximum absolute atomic E-state index is 12.2. The van der Waals surface area contributed by atoms with Crippen LogP contribution in [0.3, 0.4) is 0 Å². The van der Waals surface area contributed by atoms with Gasteiger partial charge in [-0.1, -0.05) is 6.07 Å². The molecule has 1 rings (SSSR count). The summed E-state index contributed by atoms with van der Waals surface area (Å²) in [5.74, 6) is 0. The highest BCUT2D eigenvalue weighted by atomic mass is 32.2. The first-order chi connectivity index (χ1) is 8.90. The van der Waals surface area contributed by atoms with Crippen LogP contribution in [-0.4, -0.2) is 39.9 Å². The van der Waals surface area contributed by atoms with E-state index in [0.717, 1.165) is 5.56 Å². The SMILES string of the molecule is Cc1ccc(N)c(S(=O)(=O)NCCOCCO)c1C. The Balaban J connectivity index is 2.81. The highest BCUT2D eigenvalue weighted by molar-refractivity contribution is 7.89. The van der Waals surface area contributed by atoms with Crippen molar-refractivity contribution in [2.75, 3.05) is 32.1 Å². The topological polar surface area (TPSA) is 102 Å². The summed E-state index contributed by atoms with van der Waals surface area (Å²) in [6.45, 7) is 3.99. The van der Waals surface area contributed by atoms with E-state index in [1.54, 1.807) is 19.1 Å². The number of nitrogens with two attached hydrogens (primary N) is 1. The molecular weight excluding hydrogens is 268 g/mol. The number of hydrogen-bond acceptors (Lipinski definition) is 5. The highest BCUT2D eigenvalue weighted by Gasteiger charge is 2.20. The maximum Gasteiger partial charge on any atom is 0.242 e. The van der Waals surface area contributed by atoms with Crippen LogP contribution in [0, 0.1) is 13.8 Å². The monoisotopic (exact) mass is 288 g/mol. The minimum absolute atomic E-state index is 0.0866. The fraction of sp³-hybridized carbons (Fsp3) is 0.500. The van der Waals surface area contributed by atoms with Gasteiger partial charge in [-0.2, -0.15) is 0 Å². The molecule has 0 aliphatic carbocycles. The molecule has 0 saturated heterocycles. The van der Waals surface area contributed by atoms with Gasteiger partial charge in [-0.3, -0.25) is 0 Å². The van der Waals surface area contributed by atoms with E-state index in [4.69, 9.17) is 15.6 Å². The summed E-state index contributed by atoms with van der Waals surface area (Å²) in [6.07, 6.45) is 0. The fourth-order valence-corrected chi connectivity index (χ4v) is 3.09. The Morgan fingerprint density at radius 1 is 1.32 bits per heavy atom. The lowest BCUT2D eigenvalue weighted by Gasteiger charge is -2.13. The Morgan fingerprint density at radius 2 is 2.00 bits per heavy atom. The Bertz CT molecular complexity index is 529. The first kappa shape index (κ1) is 15.9. The zero-order valence-electron chi connectivity index (χ0n) is 11.1. The third-order valence-electron chi connectivity index (χ3n) is 2.75. The molecule has 0 aliphatic heterocycles. The van der Waals surface area contributed by atoms with Crippen molar-refractivity contribution in [2.24, 2.45) is 0 Å². The van der Waals surface area contributed by atoms with Gasteiger partial charge in [0.1, 0.15) is 4.90 Å². The molecular formula is C12H20N2O4S. The van der Waals surface area contributed by atoms with E-state index in [9.17, 15) is 8.42 Å². The molecule has 1 aromatic rings. The lowest BCUT2D eigenvalue weighted by Crippen LogP contribution is -2.29. The number of aliphatic hydroxyl groups excluding tert-OH is 1. The van der Waals surface area contributed by atoms with Crippen LogP contribution in [0.25, 0.3) is 0 Å². The van der Waals surface area contributed by atoms with Crippen LogP contribution in [0.1, 0.15) is 11.1 Å². The first-order valence-electron chi connectivity index (χ1n) is 5.94. The van der Waals surface area contributed by atoms with Crippen molar-refractivity contribution in [1.82, 2.24) is 4.72 Å². The van der Waals surface area contributed by atoms with Gasteiger partial charge < -0.3 is 15.6 Å². The molecule has 0 amide bonds. The molecule has 7 heteroatoms. The lowest BCUT2D eigenvalue weighted by atomic mass is 10.1. The van der Waals surface area contributed by atoms with Gasteiger partial charge in [-0.25, -0.2) is 13.1 Å². The second-order valence-corrected chi connectivity index (χ2v) is 5.86. The summed E-state index contributed by atoms with van der Waals surface area (Å²) in [4.78, 5) is 0.120. The van der Waals surface area contributed by atoms with E-state index in [1.165, 1.54) is 0 Å². The van der Waals surface area contributed by atoms with Gasteiger partial charge >= 0.3 is 0 Å². The predicted octanol–water partition coefficient (Wildman–Crippen LogP) is 0.173. The molecule has 6 nitrogen and oxygen atoms in total. The lowest BCUT2D eigenvalue weighted by molar-refractivity contribution is 0.0961. The van der Waals surface area contributed by atoms with Gasteiger partial charge in [0.05, 0.1) is 25.5 Å². The summed E-state index contributed by atoms with van der Waals surface area (Å²) in [6, 6.07) is 3.37. The summed E-state index contributed by atoms with van der Waals surface area (Å²) < 4.78 is 31.7. The summed E-state index contributed by atoms with van der Waals surface area (Å²) in [5.41, 5.74) is 7.48. The number of rotatable bonds is 7. The van der Waals surface area contributed by atoms with Crippen molar-refractivity contribution in [3.8, 4) is 0 Å². The molecule has 108 valence electrons. The molecule has 0 bridgehead atoms. The van der Waals surface area contributed by atoms with E-state index in [0.29, 0.717) is 5.56 Å². The maximum atomic E-state index is 12.2. The number of sulfonamides is 1. The van der Waals surface area contributed by atoms with Gasteiger partial charge in [0, 0.05) is 6.54 Å². The number of nitrogen functional groups attached to an aromatic ring is 1. The normalized spacial score (nSPS) is 11.7. The zero-order chi connectivity index (χ0) is 14.5. The molecule has 0 fully saturated rings. The summed E-state index contributed by atoms with van der Waals surface area (Å²) in [5, 5.41) is 8.53. The number of anilines is 1. The van der Waals surface area contributed by atoms with Crippen LogP contribution < -0.4 is 10.5 Å². The van der Waals surface area contributed by atoms with Crippen molar-refractivity contribution in [2.45, 2.75) is 18.7 Å². The van der Waals surface area contributed by atoms with Gasteiger partial charge in [-0.05, 0) is 31.0 Å². The molecule has 0 atom stereocenters. The van der Waals surface area contributed by atoms with Crippen molar-refractivity contribution in [1.29, 1.82) is 0 Å². The average molecular weight is 288 g/mol. The summed E-state index contributed by atoms with van der Waals surface area (Å²) >= 11 is 0. The third kappa shape index (κ3) is 4.17. The second kappa shape index (κ2) is 6.85. The number of benzene rings is 1. The van der Waals surface area contributed by atoms with Crippen LogP contribution in [0.15, 0.2) is 17.0 Å². The number of ether oxygens (including phenoxy) is 1. The molecule has 0 aliphatic rings. The largest absolute Gasteiger partial charge is 0.398 e. The van der Waals surface area contributed by atoms with Crippen LogP contribution in [-0.2, 0) is 14.8 Å². The molecule has 1 aromatic carbocycles. The Labute approximate surface area is 113 Å². The van der Waals surface area contributed by atoms with E-state index in [1.807, 2.05) is 6.92 Å². The number of hydrogen-bond donors (Lipinski definition) is 3. The van der Waals surface area contributed by atoms with Crippen molar-refractivity contribution in [3.05, 3.63) is 23.3 Å².